The predicted molar refractivity (Wildman–Crippen MR) is 50.6 cm³/mol. The molecule has 1 N–H and O–H groups in total. The first kappa shape index (κ1) is 11.8. The molecule has 1 aromatic rings. The third-order valence-electron chi connectivity index (χ3n) is 2.04. The van der Waals surface area contributed by atoms with E-state index in [9.17, 15) is 13.2 Å². The maximum absolute atomic E-state index is 12.0. The van der Waals surface area contributed by atoms with Crippen molar-refractivity contribution in [1.82, 2.24) is 5.32 Å². The standard InChI is InChI=1S/C10H12F3NO/c1-7(14-2)8-5-3-4-6-9(8)15-10(11,12)13/h3-7,14H,1-2H3. The van der Waals surface area contributed by atoms with Crippen molar-refractivity contribution in [1.29, 1.82) is 0 Å². The van der Waals surface area contributed by atoms with E-state index < -0.39 is 6.36 Å². The Hall–Kier alpha value is -1.23. The van der Waals surface area contributed by atoms with Crippen LogP contribution in [-0.2, 0) is 0 Å². The number of alkyl halides is 3. The summed E-state index contributed by atoms with van der Waals surface area (Å²) in [6.45, 7) is 1.76. The quantitative estimate of drug-likeness (QED) is 0.844. The van der Waals surface area contributed by atoms with Crippen LogP contribution in [-0.4, -0.2) is 13.4 Å². The molecule has 0 bridgehead atoms. The lowest BCUT2D eigenvalue weighted by atomic mass is 10.1. The molecule has 1 unspecified atom stereocenters. The average Bonchev–Trinajstić information content (AvgIpc) is 2.15. The van der Waals surface area contributed by atoms with E-state index in [1.54, 1.807) is 26.1 Å². The van der Waals surface area contributed by atoms with Crippen LogP contribution in [0.15, 0.2) is 24.3 Å². The van der Waals surface area contributed by atoms with Crippen molar-refractivity contribution >= 4 is 0 Å². The number of hydrogen-bond donors (Lipinski definition) is 1. The van der Waals surface area contributed by atoms with Gasteiger partial charge in [0.2, 0.25) is 0 Å². The number of hydrogen-bond acceptors (Lipinski definition) is 2. The largest absolute Gasteiger partial charge is 0.573 e. The second-order valence-electron chi connectivity index (χ2n) is 3.10. The second-order valence-corrected chi connectivity index (χ2v) is 3.10. The molecule has 0 radical (unpaired) electrons. The Kier molecular flexibility index (Phi) is 3.57. The third kappa shape index (κ3) is 3.43. The number of benzene rings is 1. The summed E-state index contributed by atoms with van der Waals surface area (Å²) in [5, 5.41) is 2.86. The Balaban J connectivity index is 2.96. The van der Waals surface area contributed by atoms with Gasteiger partial charge < -0.3 is 10.1 Å². The zero-order valence-electron chi connectivity index (χ0n) is 8.43. The topological polar surface area (TPSA) is 21.3 Å². The number of rotatable bonds is 3. The van der Waals surface area contributed by atoms with Crippen LogP contribution >= 0.6 is 0 Å². The molecule has 1 rings (SSSR count). The van der Waals surface area contributed by atoms with Crippen molar-refractivity contribution in [2.24, 2.45) is 0 Å². The highest BCUT2D eigenvalue weighted by Gasteiger charge is 2.32. The van der Waals surface area contributed by atoms with Gasteiger partial charge in [0.1, 0.15) is 5.75 Å². The maximum Gasteiger partial charge on any atom is 0.573 e. The fourth-order valence-electron chi connectivity index (χ4n) is 1.21. The zero-order chi connectivity index (χ0) is 11.5. The van der Waals surface area contributed by atoms with E-state index in [0.29, 0.717) is 5.56 Å². The van der Waals surface area contributed by atoms with Crippen LogP contribution in [0, 0.1) is 0 Å². The van der Waals surface area contributed by atoms with E-state index in [-0.39, 0.29) is 11.8 Å². The monoisotopic (exact) mass is 219 g/mol. The Morgan fingerprint density at radius 2 is 1.87 bits per heavy atom. The molecule has 5 heteroatoms. The smallest absolute Gasteiger partial charge is 0.405 e. The number of para-hydroxylation sites is 1. The summed E-state index contributed by atoms with van der Waals surface area (Å²) in [4.78, 5) is 0. The minimum atomic E-state index is -4.65. The summed E-state index contributed by atoms with van der Waals surface area (Å²) < 4.78 is 40.1. The fraction of sp³-hybridized carbons (Fsp3) is 0.400. The van der Waals surface area contributed by atoms with Gasteiger partial charge in [-0.2, -0.15) is 0 Å². The summed E-state index contributed by atoms with van der Waals surface area (Å²) in [7, 11) is 1.68. The van der Waals surface area contributed by atoms with Crippen LogP contribution < -0.4 is 10.1 Å². The number of nitrogens with one attached hydrogen (secondary N) is 1. The van der Waals surface area contributed by atoms with Crippen molar-refractivity contribution in [2.45, 2.75) is 19.3 Å². The Bertz CT molecular complexity index is 325. The number of halogens is 3. The van der Waals surface area contributed by atoms with E-state index in [4.69, 9.17) is 0 Å². The van der Waals surface area contributed by atoms with Gasteiger partial charge in [0.15, 0.2) is 0 Å². The third-order valence-corrected chi connectivity index (χ3v) is 2.04. The predicted octanol–water partition coefficient (Wildman–Crippen LogP) is 2.87. The van der Waals surface area contributed by atoms with Crippen molar-refractivity contribution < 1.29 is 17.9 Å². The van der Waals surface area contributed by atoms with E-state index in [0.717, 1.165) is 0 Å². The molecule has 0 fully saturated rings. The van der Waals surface area contributed by atoms with Gasteiger partial charge in [0.05, 0.1) is 0 Å². The molecule has 0 amide bonds. The molecule has 0 aromatic heterocycles. The molecule has 0 aliphatic rings. The van der Waals surface area contributed by atoms with Crippen LogP contribution in [0.1, 0.15) is 18.5 Å². The lowest BCUT2D eigenvalue weighted by molar-refractivity contribution is -0.275. The SMILES string of the molecule is CNC(C)c1ccccc1OC(F)(F)F. The summed E-state index contributed by atoms with van der Waals surface area (Å²) in [5.74, 6) is -0.160. The van der Waals surface area contributed by atoms with Crippen molar-refractivity contribution in [3.05, 3.63) is 29.8 Å². The molecular formula is C10H12F3NO. The van der Waals surface area contributed by atoms with Crippen LogP contribution in [0.5, 0.6) is 5.75 Å². The van der Waals surface area contributed by atoms with Gasteiger partial charge in [0, 0.05) is 11.6 Å². The van der Waals surface area contributed by atoms with Crippen LogP contribution in [0.2, 0.25) is 0 Å². The minimum Gasteiger partial charge on any atom is -0.405 e. The van der Waals surface area contributed by atoms with Gasteiger partial charge in [-0.05, 0) is 20.0 Å². The van der Waals surface area contributed by atoms with E-state index in [1.807, 2.05) is 0 Å². The summed E-state index contributed by atoms with van der Waals surface area (Å²) >= 11 is 0. The van der Waals surface area contributed by atoms with E-state index in [1.165, 1.54) is 12.1 Å². The molecule has 0 aliphatic heterocycles. The zero-order valence-corrected chi connectivity index (χ0v) is 8.43. The molecule has 84 valence electrons. The first-order valence-corrected chi connectivity index (χ1v) is 4.46. The molecule has 2 nitrogen and oxygen atoms in total. The second kappa shape index (κ2) is 4.53. The molecule has 0 saturated carbocycles. The van der Waals surface area contributed by atoms with Gasteiger partial charge in [-0.15, -0.1) is 13.2 Å². The lowest BCUT2D eigenvalue weighted by Crippen LogP contribution is -2.20. The highest BCUT2D eigenvalue weighted by Crippen LogP contribution is 2.29. The molecular weight excluding hydrogens is 207 g/mol. The molecule has 0 heterocycles. The highest BCUT2D eigenvalue weighted by atomic mass is 19.4. The summed E-state index contributed by atoms with van der Waals surface area (Å²) in [6, 6.07) is 5.89. The van der Waals surface area contributed by atoms with Crippen LogP contribution in [0.4, 0.5) is 13.2 Å². The van der Waals surface area contributed by atoms with Crippen molar-refractivity contribution in [3.8, 4) is 5.75 Å². The molecule has 0 spiro atoms. The molecule has 1 aromatic carbocycles. The van der Waals surface area contributed by atoms with Gasteiger partial charge in [-0.1, -0.05) is 18.2 Å². The molecule has 15 heavy (non-hydrogen) atoms. The van der Waals surface area contributed by atoms with Crippen LogP contribution in [0.25, 0.3) is 0 Å². The average molecular weight is 219 g/mol. The van der Waals surface area contributed by atoms with Gasteiger partial charge in [-0.3, -0.25) is 0 Å². The normalized spacial score (nSPS) is 13.7. The van der Waals surface area contributed by atoms with Gasteiger partial charge >= 0.3 is 6.36 Å². The Morgan fingerprint density at radius 1 is 1.27 bits per heavy atom. The summed E-state index contributed by atoms with van der Waals surface area (Å²) in [6.07, 6.45) is -4.65. The number of ether oxygens (including phenoxy) is 1. The van der Waals surface area contributed by atoms with E-state index >= 15 is 0 Å². The van der Waals surface area contributed by atoms with Crippen molar-refractivity contribution in [2.75, 3.05) is 7.05 Å². The molecule has 0 saturated heterocycles. The van der Waals surface area contributed by atoms with E-state index in [2.05, 4.69) is 10.1 Å². The first-order chi connectivity index (χ1) is 6.94. The maximum atomic E-state index is 12.0. The summed E-state index contributed by atoms with van der Waals surface area (Å²) in [5.41, 5.74) is 0.484. The molecule has 1 atom stereocenters. The fourth-order valence-corrected chi connectivity index (χ4v) is 1.21. The first-order valence-electron chi connectivity index (χ1n) is 4.46. The van der Waals surface area contributed by atoms with Crippen molar-refractivity contribution in [3.63, 3.8) is 0 Å². The minimum absolute atomic E-state index is 0.160. The van der Waals surface area contributed by atoms with Gasteiger partial charge in [0.25, 0.3) is 0 Å². The highest BCUT2D eigenvalue weighted by molar-refractivity contribution is 5.35. The lowest BCUT2D eigenvalue weighted by Gasteiger charge is -2.17. The Labute approximate surface area is 86.1 Å². The van der Waals surface area contributed by atoms with Gasteiger partial charge in [-0.25, -0.2) is 0 Å². The van der Waals surface area contributed by atoms with Crippen LogP contribution in [0.3, 0.4) is 0 Å². The Morgan fingerprint density at radius 3 is 2.40 bits per heavy atom. The molecule has 0 aliphatic carbocycles.